The topological polar surface area (TPSA) is 69.8 Å². The van der Waals surface area contributed by atoms with Crippen molar-refractivity contribution in [2.24, 2.45) is 11.8 Å². The molecule has 1 fully saturated rings. The number of hydrogen-bond donors (Lipinski definition) is 3. The van der Waals surface area contributed by atoms with Crippen molar-refractivity contribution in [2.75, 3.05) is 0 Å². The summed E-state index contributed by atoms with van der Waals surface area (Å²) in [6, 6.07) is 6.08. The number of nitrogens with zero attached hydrogens (tertiary/aromatic N) is 1. The first-order chi connectivity index (χ1) is 10.0. The number of aromatic amines is 1. The number of nitrogens with one attached hydrogen (secondary N) is 3. The monoisotopic (exact) mass is 350 g/mol. The number of H-pyrrole nitrogens is 1. The summed E-state index contributed by atoms with van der Waals surface area (Å²) in [5.41, 5.74) is 1.85. The lowest BCUT2D eigenvalue weighted by Gasteiger charge is -2.07. The van der Waals surface area contributed by atoms with Crippen LogP contribution in [0.4, 0.5) is 4.79 Å². The zero-order chi connectivity index (χ0) is 15.0. The van der Waals surface area contributed by atoms with Crippen LogP contribution in [0.25, 0.3) is 11.0 Å². The number of carbonyl (C=O) groups excluding carboxylic acids is 1. The van der Waals surface area contributed by atoms with Crippen LogP contribution in [0.3, 0.4) is 0 Å². The lowest BCUT2D eigenvalue weighted by atomic mass is 10.1. The maximum Gasteiger partial charge on any atom is 0.315 e. The Labute approximate surface area is 132 Å². The van der Waals surface area contributed by atoms with Gasteiger partial charge in [0.25, 0.3) is 0 Å². The summed E-state index contributed by atoms with van der Waals surface area (Å²) in [4.78, 5) is 19.5. The van der Waals surface area contributed by atoms with Crippen LogP contribution < -0.4 is 10.6 Å². The van der Waals surface area contributed by atoms with E-state index in [2.05, 4.69) is 50.4 Å². The van der Waals surface area contributed by atoms with E-state index < -0.39 is 0 Å². The third kappa shape index (κ3) is 3.20. The van der Waals surface area contributed by atoms with Gasteiger partial charge in [-0.05, 0) is 46.3 Å². The van der Waals surface area contributed by atoms with Crippen molar-refractivity contribution < 1.29 is 4.79 Å². The van der Waals surface area contributed by atoms with E-state index in [0.717, 1.165) is 27.8 Å². The van der Waals surface area contributed by atoms with Gasteiger partial charge in [-0.3, -0.25) is 0 Å². The molecule has 0 bridgehead atoms. The predicted molar refractivity (Wildman–Crippen MR) is 85.9 cm³/mol. The van der Waals surface area contributed by atoms with Crippen molar-refractivity contribution in [3.63, 3.8) is 0 Å². The first kappa shape index (κ1) is 14.4. The maximum absolute atomic E-state index is 11.8. The molecule has 1 aromatic heterocycles. The Balaban J connectivity index is 1.54. The Morgan fingerprint density at radius 3 is 3.00 bits per heavy atom. The van der Waals surface area contributed by atoms with Crippen molar-refractivity contribution in [1.82, 2.24) is 20.6 Å². The van der Waals surface area contributed by atoms with Crippen LogP contribution in [0.5, 0.6) is 0 Å². The number of fused-ring (bicyclic) bond motifs is 1. The molecule has 2 aromatic rings. The van der Waals surface area contributed by atoms with E-state index in [-0.39, 0.29) is 6.03 Å². The van der Waals surface area contributed by atoms with Crippen molar-refractivity contribution in [2.45, 2.75) is 32.9 Å². The van der Waals surface area contributed by atoms with E-state index in [4.69, 9.17) is 0 Å². The molecule has 0 unspecified atom stereocenters. The molecule has 112 valence electrons. The zero-order valence-electron chi connectivity index (χ0n) is 12.1. The Morgan fingerprint density at radius 1 is 1.52 bits per heavy atom. The van der Waals surface area contributed by atoms with Crippen LogP contribution >= 0.6 is 15.9 Å². The molecule has 6 heteroatoms. The molecule has 0 aliphatic heterocycles. The lowest BCUT2D eigenvalue weighted by molar-refractivity contribution is 0.239. The highest BCUT2D eigenvalue weighted by Crippen LogP contribution is 2.36. The molecular formula is C15H19BrN4O. The van der Waals surface area contributed by atoms with Crippen molar-refractivity contribution in [1.29, 1.82) is 0 Å². The van der Waals surface area contributed by atoms with Gasteiger partial charge < -0.3 is 15.6 Å². The number of aromatic nitrogens is 2. The lowest BCUT2D eigenvalue weighted by Crippen LogP contribution is -2.37. The van der Waals surface area contributed by atoms with Gasteiger partial charge in [0.2, 0.25) is 0 Å². The summed E-state index contributed by atoms with van der Waals surface area (Å²) < 4.78 is 0.949. The highest BCUT2D eigenvalue weighted by Gasteiger charge is 2.40. The fraction of sp³-hybridized carbons (Fsp3) is 0.467. The van der Waals surface area contributed by atoms with E-state index in [1.165, 1.54) is 0 Å². The molecule has 3 N–H and O–H groups in total. The fourth-order valence-corrected chi connectivity index (χ4v) is 3.09. The molecule has 2 atom stereocenters. The quantitative estimate of drug-likeness (QED) is 0.792. The Kier molecular flexibility index (Phi) is 3.89. The number of imidazole rings is 1. The van der Waals surface area contributed by atoms with Gasteiger partial charge in [0.15, 0.2) is 0 Å². The summed E-state index contributed by atoms with van der Waals surface area (Å²) in [7, 11) is 0. The minimum atomic E-state index is -0.123. The Morgan fingerprint density at radius 2 is 2.33 bits per heavy atom. The fourth-order valence-electron chi connectivity index (χ4n) is 2.63. The summed E-state index contributed by atoms with van der Waals surface area (Å²) in [6.45, 7) is 4.78. The number of para-hydroxylation sites is 1. The second-order valence-electron chi connectivity index (χ2n) is 5.90. The maximum atomic E-state index is 11.8. The van der Waals surface area contributed by atoms with Gasteiger partial charge in [-0.1, -0.05) is 19.9 Å². The number of carbonyl (C=O) groups is 1. The molecule has 1 aliphatic carbocycles. The number of hydrogen-bond acceptors (Lipinski definition) is 2. The average Bonchev–Trinajstić information content (AvgIpc) is 3.06. The molecule has 1 saturated carbocycles. The van der Waals surface area contributed by atoms with E-state index in [0.29, 0.717) is 24.4 Å². The first-order valence-corrected chi connectivity index (χ1v) is 8.01. The molecule has 2 amide bonds. The number of urea groups is 1. The molecule has 1 aliphatic rings. The standard InChI is InChI=1S/C15H19BrN4O/c1-8(2)9-6-12(9)19-15(21)17-7-13-18-11-5-3-4-10(16)14(11)20-13/h3-5,8-9,12H,6-7H2,1-2H3,(H,18,20)(H2,17,19,21)/t9-,12+/m0/s1. The smallest absolute Gasteiger partial charge is 0.315 e. The molecular weight excluding hydrogens is 332 g/mol. The van der Waals surface area contributed by atoms with Crippen molar-refractivity contribution >= 4 is 33.0 Å². The average molecular weight is 351 g/mol. The van der Waals surface area contributed by atoms with E-state index >= 15 is 0 Å². The van der Waals surface area contributed by atoms with Crippen molar-refractivity contribution in [3.05, 3.63) is 28.5 Å². The molecule has 1 heterocycles. The van der Waals surface area contributed by atoms with Crippen LogP contribution in [0, 0.1) is 11.8 Å². The Bertz CT molecular complexity index is 667. The van der Waals surface area contributed by atoms with E-state index in [9.17, 15) is 4.79 Å². The van der Waals surface area contributed by atoms with Crippen molar-refractivity contribution in [3.8, 4) is 0 Å². The normalized spacial score (nSPS) is 20.8. The highest BCUT2D eigenvalue weighted by atomic mass is 79.9. The van der Waals surface area contributed by atoms with Gasteiger partial charge in [-0.25, -0.2) is 9.78 Å². The van der Waals surface area contributed by atoms with Crippen LogP contribution in [-0.4, -0.2) is 22.0 Å². The molecule has 0 spiro atoms. The second kappa shape index (κ2) is 5.67. The van der Waals surface area contributed by atoms with Gasteiger partial charge >= 0.3 is 6.03 Å². The van der Waals surface area contributed by atoms with E-state index in [1.54, 1.807) is 0 Å². The van der Waals surface area contributed by atoms with Gasteiger partial charge in [-0.2, -0.15) is 0 Å². The second-order valence-corrected chi connectivity index (χ2v) is 6.75. The molecule has 21 heavy (non-hydrogen) atoms. The number of benzene rings is 1. The van der Waals surface area contributed by atoms with E-state index in [1.807, 2.05) is 18.2 Å². The van der Waals surface area contributed by atoms with Crippen LogP contribution in [-0.2, 0) is 6.54 Å². The largest absolute Gasteiger partial charge is 0.340 e. The molecule has 5 nitrogen and oxygen atoms in total. The number of rotatable bonds is 4. The van der Waals surface area contributed by atoms with Crippen LogP contribution in [0.15, 0.2) is 22.7 Å². The molecule has 1 aromatic carbocycles. The zero-order valence-corrected chi connectivity index (χ0v) is 13.7. The first-order valence-electron chi connectivity index (χ1n) is 7.22. The van der Waals surface area contributed by atoms with Crippen LogP contribution in [0.1, 0.15) is 26.1 Å². The predicted octanol–water partition coefficient (Wildman–Crippen LogP) is 3.17. The summed E-state index contributed by atoms with van der Waals surface area (Å²) >= 11 is 3.47. The molecule has 3 rings (SSSR count). The third-order valence-electron chi connectivity index (χ3n) is 3.94. The highest BCUT2D eigenvalue weighted by molar-refractivity contribution is 9.10. The van der Waals surface area contributed by atoms with Gasteiger partial charge in [-0.15, -0.1) is 0 Å². The van der Waals surface area contributed by atoms with Gasteiger partial charge in [0.05, 0.1) is 12.1 Å². The third-order valence-corrected chi connectivity index (χ3v) is 4.58. The van der Waals surface area contributed by atoms with Gasteiger partial charge in [0.1, 0.15) is 11.3 Å². The number of amides is 2. The molecule has 0 saturated heterocycles. The summed E-state index contributed by atoms with van der Waals surface area (Å²) in [6.07, 6.45) is 1.09. The summed E-state index contributed by atoms with van der Waals surface area (Å²) in [5, 5.41) is 5.85. The SMILES string of the molecule is CC(C)[C@@H]1C[C@H]1NC(=O)NCc1nc2c(Br)cccc2[nH]1. The van der Waals surface area contributed by atoms with Gasteiger partial charge in [0, 0.05) is 10.5 Å². The Hall–Kier alpha value is -1.56. The molecule has 0 radical (unpaired) electrons. The number of halogens is 1. The summed E-state index contributed by atoms with van der Waals surface area (Å²) in [5.74, 6) is 2.00. The van der Waals surface area contributed by atoms with Crippen LogP contribution in [0.2, 0.25) is 0 Å². The minimum Gasteiger partial charge on any atom is -0.340 e. The minimum absolute atomic E-state index is 0.123.